The second-order valence-electron chi connectivity index (χ2n) is 8.99. The van der Waals surface area contributed by atoms with Gasteiger partial charge in [0.1, 0.15) is 5.76 Å². The Morgan fingerprint density at radius 3 is 2.38 bits per heavy atom. The first-order valence-corrected chi connectivity index (χ1v) is 12.6. The monoisotopic (exact) mass is 500 g/mol. The largest absolute Gasteiger partial charge is 0.507 e. The summed E-state index contributed by atoms with van der Waals surface area (Å²) in [6.45, 7) is 7.08. The summed E-state index contributed by atoms with van der Waals surface area (Å²) < 4.78 is 11.8. The average molecular weight is 501 g/mol. The number of nitrogens with zero attached hydrogens (tertiary/aromatic N) is 2. The average Bonchev–Trinajstić information content (AvgIpc) is 3.15. The minimum Gasteiger partial charge on any atom is -0.507 e. The molecule has 7 heteroatoms. The van der Waals surface area contributed by atoms with E-state index in [4.69, 9.17) is 9.47 Å². The van der Waals surface area contributed by atoms with Crippen LogP contribution in [0.25, 0.3) is 5.76 Å². The molecule has 0 spiro atoms. The topological polar surface area (TPSA) is 89.0 Å². The molecule has 1 aliphatic rings. The van der Waals surface area contributed by atoms with Gasteiger partial charge in [0, 0.05) is 24.5 Å². The van der Waals surface area contributed by atoms with Crippen molar-refractivity contribution in [3.63, 3.8) is 0 Å². The van der Waals surface area contributed by atoms with Crippen LogP contribution in [0, 0.1) is 6.92 Å². The number of benzene rings is 2. The van der Waals surface area contributed by atoms with Gasteiger partial charge in [-0.05, 0) is 55.7 Å². The Bertz CT molecular complexity index is 1290. The number of ketones is 1. The molecule has 1 saturated heterocycles. The van der Waals surface area contributed by atoms with Crippen LogP contribution in [0.15, 0.2) is 72.6 Å². The van der Waals surface area contributed by atoms with E-state index in [-0.39, 0.29) is 17.9 Å². The lowest BCUT2D eigenvalue weighted by Crippen LogP contribution is -2.29. The van der Waals surface area contributed by atoms with Gasteiger partial charge in [0.15, 0.2) is 11.5 Å². The summed E-state index contributed by atoms with van der Waals surface area (Å²) in [4.78, 5) is 32.2. The van der Waals surface area contributed by atoms with E-state index in [9.17, 15) is 14.7 Å². The molecule has 1 aliphatic heterocycles. The highest BCUT2D eigenvalue weighted by molar-refractivity contribution is 6.46. The van der Waals surface area contributed by atoms with Gasteiger partial charge in [-0.15, -0.1) is 0 Å². The van der Waals surface area contributed by atoms with Crippen LogP contribution in [0.1, 0.15) is 55.0 Å². The van der Waals surface area contributed by atoms with Crippen molar-refractivity contribution in [1.29, 1.82) is 0 Å². The third-order valence-electron chi connectivity index (χ3n) is 6.31. The van der Waals surface area contributed by atoms with E-state index >= 15 is 0 Å². The number of pyridine rings is 1. The number of aryl methyl sites for hydroxylation is 1. The molecule has 2 heterocycles. The van der Waals surface area contributed by atoms with Crippen molar-refractivity contribution in [3.05, 3.63) is 94.8 Å². The quantitative estimate of drug-likeness (QED) is 0.169. The molecule has 1 fully saturated rings. The lowest BCUT2D eigenvalue weighted by Gasteiger charge is -2.26. The van der Waals surface area contributed by atoms with Gasteiger partial charge in [0.2, 0.25) is 0 Å². The standard InChI is InChI=1S/C30H32N2O5/c1-4-6-17-37-24-12-11-23(18-25(24)36-5-2)27-26(28(33)22-9-7-20(3)8-10-22)29(34)30(35)32(27)19-21-13-15-31-16-14-21/h7-16,18,27,33H,4-6,17,19H2,1-3H3/b28-26+. The fourth-order valence-electron chi connectivity index (χ4n) is 4.35. The van der Waals surface area contributed by atoms with Crippen LogP contribution in [-0.4, -0.2) is 39.9 Å². The fourth-order valence-corrected chi connectivity index (χ4v) is 4.35. The molecule has 7 nitrogen and oxygen atoms in total. The molecule has 1 atom stereocenters. The number of ether oxygens (including phenoxy) is 2. The maximum atomic E-state index is 13.3. The molecule has 3 aromatic rings. The highest BCUT2D eigenvalue weighted by Gasteiger charge is 2.46. The fraction of sp³-hybridized carbons (Fsp3) is 0.300. The summed E-state index contributed by atoms with van der Waals surface area (Å²) >= 11 is 0. The van der Waals surface area contributed by atoms with Gasteiger partial charge in [0.25, 0.3) is 11.7 Å². The Balaban J connectivity index is 1.83. The number of aromatic nitrogens is 1. The highest BCUT2D eigenvalue weighted by atomic mass is 16.5. The molecule has 1 aromatic heterocycles. The maximum absolute atomic E-state index is 13.3. The Labute approximate surface area is 217 Å². The van der Waals surface area contributed by atoms with Crippen LogP contribution in [0.3, 0.4) is 0 Å². The molecule has 1 N–H and O–H groups in total. The summed E-state index contributed by atoms with van der Waals surface area (Å²) in [7, 11) is 0. The normalized spacial score (nSPS) is 16.7. The summed E-state index contributed by atoms with van der Waals surface area (Å²) in [5.74, 6) is -0.471. The molecule has 4 rings (SSSR count). The molecular weight excluding hydrogens is 468 g/mol. The lowest BCUT2D eigenvalue weighted by molar-refractivity contribution is -0.140. The number of amides is 1. The number of hydrogen-bond acceptors (Lipinski definition) is 6. The molecule has 1 unspecified atom stereocenters. The summed E-state index contributed by atoms with van der Waals surface area (Å²) in [5.41, 5.74) is 3.01. The molecule has 0 bridgehead atoms. The molecule has 0 saturated carbocycles. The minimum atomic E-state index is -0.807. The van der Waals surface area contributed by atoms with Crippen LogP contribution < -0.4 is 9.47 Å². The lowest BCUT2D eigenvalue weighted by atomic mass is 9.94. The first kappa shape index (κ1) is 25.9. The first-order chi connectivity index (χ1) is 17.9. The Hall–Kier alpha value is -4.13. The number of rotatable bonds is 10. The number of carbonyl (C=O) groups is 2. The second kappa shape index (κ2) is 11.7. The van der Waals surface area contributed by atoms with E-state index < -0.39 is 17.7 Å². The SMILES string of the molecule is CCCCOc1ccc(C2/C(=C(\O)c3ccc(C)cc3)C(=O)C(=O)N2Cc2ccncc2)cc1OCC. The van der Waals surface area contributed by atoms with Crippen molar-refractivity contribution >= 4 is 17.4 Å². The predicted octanol–water partition coefficient (Wildman–Crippen LogP) is 5.59. The zero-order chi connectivity index (χ0) is 26.4. The Morgan fingerprint density at radius 1 is 0.973 bits per heavy atom. The van der Waals surface area contributed by atoms with Crippen molar-refractivity contribution in [2.45, 2.75) is 46.2 Å². The number of carbonyl (C=O) groups excluding carboxylic acids is 2. The number of hydrogen-bond donors (Lipinski definition) is 1. The third-order valence-corrected chi connectivity index (χ3v) is 6.31. The number of unbranched alkanes of at least 4 members (excludes halogenated alkanes) is 1. The molecular formula is C30H32N2O5. The zero-order valence-corrected chi connectivity index (χ0v) is 21.4. The van der Waals surface area contributed by atoms with Crippen LogP contribution >= 0.6 is 0 Å². The van der Waals surface area contributed by atoms with Crippen molar-refractivity contribution in [2.75, 3.05) is 13.2 Å². The van der Waals surface area contributed by atoms with Crippen molar-refractivity contribution in [3.8, 4) is 11.5 Å². The van der Waals surface area contributed by atoms with Crippen molar-refractivity contribution < 1.29 is 24.2 Å². The molecule has 0 radical (unpaired) electrons. The molecule has 1 amide bonds. The highest BCUT2D eigenvalue weighted by Crippen LogP contribution is 2.42. The molecule has 192 valence electrons. The summed E-state index contributed by atoms with van der Waals surface area (Å²) in [6.07, 6.45) is 5.20. The van der Waals surface area contributed by atoms with Crippen LogP contribution in [0.5, 0.6) is 11.5 Å². The predicted molar refractivity (Wildman–Crippen MR) is 141 cm³/mol. The van der Waals surface area contributed by atoms with Gasteiger partial charge in [-0.1, -0.05) is 49.2 Å². The summed E-state index contributed by atoms with van der Waals surface area (Å²) in [5, 5.41) is 11.3. The van der Waals surface area contributed by atoms with Crippen LogP contribution in [0.4, 0.5) is 0 Å². The minimum absolute atomic E-state index is 0.0463. The second-order valence-corrected chi connectivity index (χ2v) is 8.99. The maximum Gasteiger partial charge on any atom is 0.295 e. The zero-order valence-electron chi connectivity index (χ0n) is 21.4. The Morgan fingerprint density at radius 2 is 1.70 bits per heavy atom. The Kier molecular flexibility index (Phi) is 8.23. The van der Waals surface area contributed by atoms with E-state index in [0.29, 0.717) is 35.8 Å². The third kappa shape index (κ3) is 5.66. The van der Waals surface area contributed by atoms with Gasteiger partial charge in [-0.25, -0.2) is 0 Å². The van der Waals surface area contributed by atoms with E-state index in [2.05, 4.69) is 11.9 Å². The van der Waals surface area contributed by atoms with Crippen molar-refractivity contribution in [1.82, 2.24) is 9.88 Å². The van der Waals surface area contributed by atoms with E-state index in [1.54, 1.807) is 48.8 Å². The van der Waals surface area contributed by atoms with E-state index in [1.165, 1.54) is 4.90 Å². The van der Waals surface area contributed by atoms with Crippen LogP contribution in [-0.2, 0) is 16.1 Å². The molecule has 0 aliphatic carbocycles. The van der Waals surface area contributed by atoms with Crippen LogP contribution in [0.2, 0.25) is 0 Å². The number of likely N-dealkylation sites (tertiary alicyclic amines) is 1. The van der Waals surface area contributed by atoms with E-state index in [0.717, 1.165) is 24.0 Å². The smallest absolute Gasteiger partial charge is 0.295 e. The number of aliphatic hydroxyl groups excluding tert-OH is 1. The van der Waals surface area contributed by atoms with E-state index in [1.807, 2.05) is 32.0 Å². The molecule has 37 heavy (non-hydrogen) atoms. The van der Waals surface area contributed by atoms with Gasteiger partial charge < -0.3 is 19.5 Å². The van der Waals surface area contributed by atoms with Crippen molar-refractivity contribution in [2.24, 2.45) is 0 Å². The van der Waals surface area contributed by atoms with Gasteiger partial charge >= 0.3 is 0 Å². The molecule has 2 aromatic carbocycles. The number of Topliss-reactive ketones (excluding diaryl/α,β-unsaturated/α-hetero) is 1. The first-order valence-electron chi connectivity index (χ1n) is 12.6. The van der Waals surface area contributed by atoms with Gasteiger partial charge in [0.05, 0.1) is 24.8 Å². The summed E-state index contributed by atoms with van der Waals surface area (Å²) in [6, 6.07) is 15.4. The van der Waals surface area contributed by atoms with Gasteiger partial charge in [-0.2, -0.15) is 0 Å². The van der Waals surface area contributed by atoms with Gasteiger partial charge in [-0.3, -0.25) is 14.6 Å². The number of aliphatic hydroxyl groups is 1.